The molecule has 0 aliphatic carbocycles. The molecule has 3 rings (SSSR count). The van der Waals surface area contributed by atoms with E-state index in [1.165, 1.54) is 24.0 Å². The molecular weight excluding hydrogens is 234 g/mol. The van der Waals surface area contributed by atoms with E-state index < -0.39 is 0 Å². The van der Waals surface area contributed by atoms with Gasteiger partial charge in [-0.3, -0.25) is 0 Å². The molecule has 0 radical (unpaired) electrons. The van der Waals surface area contributed by atoms with Gasteiger partial charge in [0.05, 0.1) is 12.2 Å². The van der Waals surface area contributed by atoms with Crippen molar-refractivity contribution in [3.63, 3.8) is 0 Å². The second kappa shape index (κ2) is 4.60. The van der Waals surface area contributed by atoms with Crippen molar-refractivity contribution in [2.45, 2.75) is 51.0 Å². The lowest BCUT2D eigenvalue weighted by atomic mass is 9.95. The normalized spacial score (nSPS) is 31.1. The van der Waals surface area contributed by atoms with E-state index >= 15 is 0 Å². The first-order valence-electron chi connectivity index (χ1n) is 6.36. The molecule has 0 amide bonds. The van der Waals surface area contributed by atoms with Gasteiger partial charge in [0.1, 0.15) is 0 Å². The number of benzene rings is 1. The molecule has 2 bridgehead atoms. The molecule has 2 heterocycles. The van der Waals surface area contributed by atoms with Crippen LogP contribution in [0.2, 0.25) is 5.02 Å². The summed E-state index contributed by atoms with van der Waals surface area (Å²) in [4.78, 5) is 0. The van der Waals surface area contributed by atoms with E-state index in [1.807, 2.05) is 6.07 Å². The summed E-state index contributed by atoms with van der Waals surface area (Å²) in [6, 6.07) is 6.76. The number of ether oxygens (including phenoxy) is 1. The molecule has 2 fully saturated rings. The van der Waals surface area contributed by atoms with Crippen LogP contribution in [0.3, 0.4) is 0 Å². The van der Waals surface area contributed by atoms with Crippen LogP contribution in [0.25, 0.3) is 0 Å². The van der Waals surface area contributed by atoms with Crippen molar-refractivity contribution in [3.05, 3.63) is 34.3 Å². The molecule has 2 saturated heterocycles. The third kappa shape index (κ3) is 2.35. The number of fused-ring (bicyclic) bond motifs is 2. The molecule has 3 unspecified atom stereocenters. The largest absolute Gasteiger partial charge is 0.373 e. The molecule has 1 aromatic carbocycles. The molecule has 3 heteroatoms. The summed E-state index contributed by atoms with van der Waals surface area (Å²) in [7, 11) is 0. The summed E-state index contributed by atoms with van der Waals surface area (Å²) in [6.45, 7) is 2.91. The summed E-state index contributed by atoms with van der Waals surface area (Å²) in [5.74, 6) is 0. The van der Waals surface area contributed by atoms with Crippen LogP contribution in [0, 0.1) is 6.92 Å². The Bertz CT molecular complexity index is 421. The average Bonchev–Trinajstić information content (AvgIpc) is 2.89. The van der Waals surface area contributed by atoms with Crippen molar-refractivity contribution in [2.75, 3.05) is 0 Å². The molecule has 0 saturated carbocycles. The van der Waals surface area contributed by atoms with Crippen LogP contribution in [-0.4, -0.2) is 18.2 Å². The van der Waals surface area contributed by atoms with Crippen LogP contribution in [0.15, 0.2) is 18.2 Å². The molecule has 3 atom stereocenters. The molecule has 2 nitrogen and oxygen atoms in total. The maximum atomic E-state index is 6.22. The Hall–Kier alpha value is -0.570. The van der Waals surface area contributed by atoms with Crippen LogP contribution in [0.1, 0.15) is 30.4 Å². The number of aryl methyl sites for hydroxylation is 1. The smallest absolute Gasteiger partial charge is 0.0733 e. The molecular formula is C14H18ClNO. The fraction of sp³-hybridized carbons (Fsp3) is 0.571. The highest BCUT2D eigenvalue weighted by atomic mass is 35.5. The zero-order chi connectivity index (χ0) is 11.8. The van der Waals surface area contributed by atoms with Crippen molar-refractivity contribution in [2.24, 2.45) is 0 Å². The van der Waals surface area contributed by atoms with E-state index in [0.29, 0.717) is 18.2 Å². The molecule has 1 N–H and O–H groups in total. The Kier molecular flexibility index (Phi) is 3.12. The Morgan fingerprint density at radius 1 is 1.41 bits per heavy atom. The topological polar surface area (TPSA) is 21.3 Å². The van der Waals surface area contributed by atoms with Gasteiger partial charge < -0.3 is 10.1 Å². The van der Waals surface area contributed by atoms with Gasteiger partial charge in [0.2, 0.25) is 0 Å². The number of halogens is 1. The monoisotopic (exact) mass is 251 g/mol. The quantitative estimate of drug-likeness (QED) is 0.892. The molecule has 0 spiro atoms. The molecule has 92 valence electrons. The van der Waals surface area contributed by atoms with E-state index in [4.69, 9.17) is 16.3 Å². The highest BCUT2D eigenvalue weighted by Gasteiger charge is 2.40. The second-order valence-electron chi connectivity index (χ2n) is 5.19. The van der Waals surface area contributed by atoms with Crippen LogP contribution in [-0.2, 0) is 11.3 Å². The first-order valence-corrected chi connectivity index (χ1v) is 6.74. The highest BCUT2D eigenvalue weighted by molar-refractivity contribution is 6.31. The van der Waals surface area contributed by atoms with Gasteiger partial charge in [-0.25, -0.2) is 0 Å². The first kappa shape index (κ1) is 11.5. The number of nitrogens with one attached hydrogen (secondary N) is 1. The average molecular weight is 252 g/mol. The number of rotatable bonds is 3. The molecule has 2 aliphatic heterocycles. The molecule has 17 heavy (non-hydrogen) atoms. The fourth-order valence-corrected chi connectivity index (χ4v) is 3.19. The van der Waals surface area contributed by atoms with Crippen molar-refractivity contribution >= 4 is 11.6 Å². The Balaban J connectivity index is 1.60. The third-order valence-electron chi connectivity index (χ3n) is 3.87. The summed E-state index contributed by atoms with van der Waals surface area (Å²) >= 11 is 6.22. The zero-order valence-corrected chi connectivity index (χ0v) is 10.8. The van der Waals surface area contributed by atoms with Crippen molar-refractivity contribution in [3.8, 4) is 0 Å². The Labute approximate surface area is 107 Å². The Morgan fingerprint density at radius 3 is 2.94 bits per heavy atom. The number of hydrogen-bond acceptors (Lipinski definition) is 2. The van der Waals surface area contributed by atoms with E-state index in [0.717, 1.165) is 18.0 Å². The van der Waals surface area contributed by atoms with Crippen LogP contribution < -0.4 is 5.32 Å². The lowest BCUT2D eigenvalue weighted by molar-refractivity contribution is 0.0973. The SMILES string of the molecule is Cc1ccc(CNC2CC3CCC2O3)c(Cl)c1. The third-order valence-corrected chi connectivity index (χ3v) is 4.22. The first-order chi connectivity index (χ1) is 8.22. The van der Waals surface area contributed by atoms with Gasteiger partial charge in [-0.2, -0.15) is 0 Å². The molecule has 1 aromatic rings. The van der Waals surface area contributed by atoms with Crippen molar-refractivity contribution in [1.82, 2.24) is 5.32 Å². The zero-order valence-electron chi connectivity index (χ0n) is 10.1. The van der Waals surface area contributed by atoms with E-state index in [2.05, 4.69) is 24.4 Å². The van der Waals surface area contributed by atoms with Gasteiger partial charge >= 0.3 is 0 Å². The minimum Gasteiger partial charge on any atom is -0.373 e. The van der Waals surface area contributed by atoms with Gasteiger partial charge in [-0.05, 0) is 43.4 Å². The van der Waals surface area contributed by atoms with Crippen molar-refractivity contribution < 1.29 is 4.74 Å². The maximum Gasteiger partial charge on any atom is 0.0733 e. The summed E-state index contributed by atoms with van der Waals surface area (Å²) in [6.07, 6.45) is 4.56. The maximum absolute atomic E-state index is 6.22. The van der Waals surface area contributed by atoms with Crippen molar-refractivity contribution in [1.29, 1.82) is 0 Å². The van der Waals surface area contributed by atoms with Crippen LogP contribution >= 0.6 is 11.6 Å². The summed E-state index contributed by atoms with van der Waals surface area (Å²) in [5, 5.41) is 4.44. The van der Waals surface area contributed by atoms with Gasteiger partial charge in [0.15, 0.2) is 0 Å². The highest BCUT2D eigenvalue weighted by Crippen LogP contribution is 2.34. The predicted octanol–water partition coefficient (Wildman–Crippen LogP) is 3.06. The number of hydrogen-bond donors (Lipinski definition) is 1. The summed E-state index contributed by atoms with van der Waals surface area (Å²) in [5.41, 5.74) is 2.39. The Morgan fingerprint density at radius 2 is 2.29 bits per heavy atom. The van der Waals surface area contributed by atoms with E-state index in [-0.39, 0.29) is 0 Å². The van der Waals surface area contributed by atoms with Gasteiger partial charge in [-0.1, -0.05) is 23.7 Å². The minimum absolute atomic E-state index is 0.434. The predicted molar refractivity (Wildman–Crippen MR) is 69.3 cm³/mol. The second-order valence-corrected chi connectivity index (χ2v) is 5.60. The van der Waals surface area contributed by atoms with Crippen LogP contribution in [0.5, 0.6) is 0 Å². The lowest BCUT2D eigenvalue weighted by Gasteiger charge is -2.20. The minimum atomic E-state index is 0.434. The van der Waals surface area contributed by atoms with E-state index in [9.17, 15) is 0 Å². The van der Waals surface area contributed by atoms with Crippen LogP contribution in [0.4, 0.5) is 0 Å². The van der Waals surface area contributed by atoms with Gasteiger partial charge in [-0.15, -0.1) is 0 Å². The lowest BCUT2D eigenvalue weighted by Crippen LogP contribution is -2.37. The fourth-order valence-electron chi connectivity index (χ4n) is 2.89. The standard InChI is InChI=1S/C14H18ClNO/c1-9-2-3-10(12(15)6-9)8-16-13-7-11-4-5-14(13)17-11/h2-3,6,11,13-14,16H,4-5,7-8H2,1H3. The van der Waals surface area contributed by atoms with Gasteiger partial charge in [0, 0.05) is 17.6 Å². The van der Waals surface area contributed by atoms with Gasteiger partial charge in [0.25, 0.3) is 0 Å². The van der Waals surface area contributed by atoms with E-state index in [1.54, 1.807) is 0 Å². The molecule has 2 aliphatic rings. The molecule has 0 aromatic heterocycles. The summed E-state index contributed by atoms with van der Waals surface area (Å²) < 4.78 is 5.83.